The third-order valence-corrected chi connectivity index (χ3v) is 4.88. The number of carbonyl (C=O) groups excluding carboxylic acids is 1. The molecule has 156 valence electrons. The van der Waals surface area contributed by atoms with E-state index in [4.69, 9.17) is 16.3 Å². The summed E-state index contributed by atoms with van der Waals surface area (Å²) in [5.41, 5.74) is 3.87. The van der Waals surface area contributed by atoms with Gasteiger partial charge in [0.25, 0.3) is 0 Å². The highest BCUT2D eigenvalue weighted by atomic mass is 35.5. The smallest absolute Gasteiger partial charge is 0.323 e. The van der Waals surface area contributed by atoms with Gasteiger partial charge >= 0.3 is 6.03 Å². The minimum absolute atomic E-state index is 0.181. The lowest BCUT2D eigenvalue weighted by atomic mass is 10.0. The van der Waals surface area contributed by atoms with E-state index in [-0.39, 0.29) is 17.7 Å². The fourth-order valence-corrected chi connectivity index (χ4v) is 3.41. The first-order valence-electron chi connectivity index (χ1n) is 9.68. The fourth-order valence-electron chi connectivity index (χ4n) is 3.22. The summed E-state index contributed by atoms with van der Waals surface area (Å²) in [7, 11) is 0. The highest BCUT2D eigenvalue weighted by Gasteiger charge is 2.12. The van der Waals surface area contributed by atoms with Crippen LogP contribution >= 0.6 is 11.6 Å². The molecule has 3 aromatic rings. The summed E-state index contributed by atoms with van der Waals surface area (Å²) in [5, 5.41) is 16.2. The number of ether oxygens (including phenoxy) is 1. The van der Waals surface area contributed by atoms with Gasteiger partial charge in [0.1, 0.15) is 17.2 Å². The molecular formula is C24H25ClN2O3. The summed E-state index contributed by atoms with van der Waals surface area (Å²) in [4.78, 5) is 12.3. The number of hydrogen-bond acceptors (Lipinski definition) is 3. The van der Waals surface area contributed by atoms with E-state index in [1.54, 1.807) is 36.4 Å². The topological polar surface area (TPSA) is 70.6 Å². The number of halogens is 1. The van der Waals surface area contributed by atoms with Crippen LogP contribution in [0.25, 0.3) is 0 Å². The molecule has 0 atom stereocenters. The minimum Gasteiger partial charge on any atom is -0.508 e. The number of aryl methyl sites for hydroxylation is 2. The zero-order chi connectivity index (χ0) is 21.8. The number of urea groups is 1. The lowest BCUT2D eigenvalue weighted by molar-refractivity contribution is 0.262. The third kappa shape index (κ3) is 5.24. The summed E-state index contributed by atoms with van der Waals surface area (Å²) in [6, 6.07) is 15.5. The van der Waals surface area contributed by atoms with Crippen molar-refractivity contribution < 1.29 is 14.6 Å². The Bertz CT molecular complexity index is 1060. The molecule has 3 N–H and O–H groups in total. The molecule has 6 heteroatoms. The second-order valence-corrected chi connectivity index (χ2v) is 7.94. The van der Waals surface area contributed by atoms with Gasteiger partial charge in [0.2, 0.25) is 0 Å². The van der Waals surface area contributed by atoms with Crippen molar-refractivity contribution in [2.75, 3.05) is 10.6 Å². The molecule has 0 aliphatic heterocycles. The Kier molecular flexibility index (Phi) is 6.53. The van der Waals surface area contributed by atoms with Crippen molar-refractivity contribution in [1.82, 2.24) is 0 Å². The number of carbonyl (C=O) groups is 1. The molecule has 0 aliphatic rings. The van der Waals surface area contributed by atoms with Gasteiger partial charge in [0, 0.05) is 22.0 Å². The largest absolute Gasteiger partial charge is 0.508 e. The Morgan fingerprint density at radius 1 is 0.967 bits per heavy atom. The molecule has 0 bridgehead atoms. The summed E-state index contributed by atoms with van der Waals surface area (Å²) in [6.45, 7) is 7.88. The SMILES string of the molecule is Cc1cc(NC(=O)Nc2cccc(Cl)c2)cc(C)c1Oc1ccc(O)c(C(C)C)c1. The summed E-state index contributed by atoms with van der Waals surface area (Å²) in [6.07, 6.45) is 0. The van der Waals surface area contributed by atoms with E-state index in [9.17, 15) is 9.90 Å². The van der Waals surface area contributed by atoms with Crippen LogP contribution < -0.4 is 15.4 Å². The number of rotatable bonds is 5. The van der Waals surface area contributed by atoms with Gasteiger partial charge in [-0.15, -0.1) is 0 Å². The average molecular weight is 425 g/mol. The van der Waals surface area contributed by atoms with Gasteiger partial charge in [-0.05, 0) is 79.4 Å². The van der Waals surface area contributed by atoms with Gasteiger partial charge in [0.15, 0.2) is 0 Å². The van der Waals surface area contributed by atoms with Gasteiger partial charge in [-0.1, -0.05) is 31.5 Å². The second-order valence-electron chi connectivity index (χ2n) is 7.51. The number of aromatic hydroxyl groups is 1. The Labute approximate surface area is 181 Å². The van der Waals surface area contributed by atoms with Crippen LogP contribution in [0.1, 0.15) is 36.5 Å². The van der Waals surface area contributed by atoms with Crippen molar-refractivity contribution in [3.8, 4) is 17.2 Å². The number of anilines is 2. The van der Waals surface area contributed by atoms with Gasteiger partial charge < -0.3 is 20.5 Å². The van der Waals surface area contributed by atoms with Gasteiger partial charge in [0.05, 0.1) is 0 Å². The first-order chi connectivity index (χ1) is 14.2. The number of phenols is 1. The molecule has 0 heterocycles. The van der Waals surface area contributed by atoms with Crippen LogP contribution in [-0.4, -0.2) is 11.1 Å². The average Bonchev–Trinajstić information content (AvgIpc) is 2.65. The molecule has 0 radical (unpaired) electrons. The molecule has 0 saturated heterocycles. The molecule has 3 rings (SSSR count). The van der Waals surface area contributed by atoms with Crippen LogP contribution in [-0.2, 0) is 0 Å². The standard InChI is InChI=1S/C24H25ClN2O3/c1-14(2)21-13-20(8-9-22(21)28)30-23-15(3)10-19(11-16(23)4)27-24(29)26-18-7-5-6-17(25)12-18/h5-14,28H,1-4H3,(H2,26,27,29). The number of phenolic OH excluding ortho intramolecular Hbond substituents is 1. The molecular weight excluding hydrogens is 400 g/mol. The van der Waals surface area contributed by atoms with E-state index in [2.05, 4.69) is 10.6 Å². The normalized spacial score (nSPS) is 10.7. The first kappa shape index (κ1) is 21.5. The molecule has 2 amide bonds. The fraction of sp³-hybridized carbons (Fsp3) is 0.208. The van der Waals surface area contributed by atoms with Crippen LogP contribution in [0.4, 0.5) is 16.2 Å². The van der Waals surface area contributed by atoms with Crippen molar-refractivity contribution in [3.63, 3.8) is 0 Å². The molecule has 0 aliphatic carbocycles. The maximum Gasteiger partial charge on any atom is 0.323 e. The van der Waals surface area contributed by atoms with E-state index in [1.807, 2.05) is 45.9 Å². The predicted molar refractivity (Wildman–Crippen MR) is 122 cm³/mol. The highest BCUT2D eigenvalue weighted by Crippen LogP contribution is 2.35. The number of amides is 2. The molecule has 3 aromatic carbocycles. The maximum absolute atomic E-state index is 12.3. The van der Waals surface area contributed by atoms with Crippen molar-refractivity contribution in [2.45, 2.75) is 33.6 Å². The third-order valence-electron chi connectivity index (χ3n) is 4.64. The molecule has 30 heavy (non-hydrogen) atoms. The summed E-state index contributed by atoms with van der Waals surface area (Å²) in [5.74, 6) is 1.81. The van der Waals surface area contributed by atoms with E-state index in [0.717, 1.165) is 22.4 Å². The first-order valence-corrected chi connectivity index (χ1v) is 10.1. The summed E-state index contributed by atoms with van der Waals surface area (Å²) < 4.78 is 6.10. The predicted octanol–water partition coefficient (Wildman–Crippen LogP) is 7.22. The molecule has 0 spiro atoms. The molecule has 0 fully saturated rings. The van der Waals surface area contributed by atoms with Gasteiger partial charge in [-0.3, -0.25) is 0 Å². The summed E-state index contributed by atoms with van der Waals surface area (Å²) >= 11 is 5.95. The molecule has 0 aromatic heterocycles. The zero-order valence-corrected chi connectivity index (χ0v) is 18.2. The Hall–Kier alpha value is -3.18. The van der Waals surface area contributed by atoms with Gasteiger partial charge in [-0.2, -0.15) is 0 Å². The van der Waals surface area contributed by atoms with E-state index < -0.39 is 0 Å². The molecule has 0 saturated carbocycles. The van der Waals surface area contributed by atoms with Crippen LogP contribution in [0.5, 0.6) is 17.2 Å². The van der Waals surface area contributed by atoms with Crippen LogP contribution in [0.2, 0.25) is 5.02 Å². The van der Waals surface area contributed by atoms with Crippen molar-refractivity contribution in [3.05, 3.63) is 76.3 Å². The van der Waals surface area contributed by atoms with Gasteiger partial charge in [-0.25, -0.2) is 4.79 Å². The minimum atomic E-state index is -0.357. The van der Waals surface area contributed by atoms with E-state index >= 15 is 0 Å². The number of benzene rings is 3. The molecule has 5 nitrogen and oxygen atoms in total. The Morgan fingerprint density at radius 2 is 1.63 bits per heavy atom. The highest BCUT2D eigenvalue weighted by molar-refractivity contribution is 6.30. The lowest BCUT2D eigenvalue weighted by Crippen LogP contribution is -2.19. The number of nitrogens with one attached hydrogen (secondary N) is 2. The second kappa shape index (κ2) is 9.09. The quantitative estimate of drug-likeness (QED) is 0.404. The Balaban J connectivity index is 1.75. The zero-order valence-electron chi connectivity index (χ0n) is 17.4. The van der Waals surface area contributed by atoms with Crippen molar-refractivity contribution >= 4 is 29.0 Å². The van der Waals surface area contributed by atoms with Crippen LogP contribution in [0.3, 0.4) is 0 Å². The lowest BCUT2D eigenvalue weighted by Gasteiger charge is -2.16. The monoisotopic (exact) mass is 424 g/mol. The van der Waals surface area contributed by atoms with Crippen molar-refractivity contribution in [2.24, 2.45) is 0 Å². The number of hydrogen-bond donors (Lipinski definition) is 3. The van der Waals surface area contributed by atoms with Crippen LogP contribution in [0, 0.1) is 13.8 Å². The van der Waals surface area contributed by atoms with Crippen LogP contribution in [0.15, 0.2) is 54.6 Å². The molecule has 0 unspecified atom stereocenters. The van der Waals surface area contributed by atoms with E-state index in [1.165, 1.54) is 0 Å². The Morgan fingerprint density at radius 3 is 2.27 bits per heavy atom. The van der Waals surface area contributed by atoms with E-state index in [0.29, 0.717) is 22.1 Å². The van der Waals surface area contributed by atoms with Crippen molar-refractivity contribution in [1.29, 1.82) is 0 Å². The maximum atomic E-state index is 12.3.